The zero-order valence-electron chi connectivity index (χ0n) is 16.3. The van der Waals surface area contributed by atoms with Gasteiger partial charge in [0.2, 0.25) is 0 Å². The Hall–Kier alpha value is -1.83. The average Bonchev–Trinajstić information content (AvgIpc) is 2.67. The highest BCUT2D eigenvalue weighted by molar-refractivity contribution is 6.30. The predicted molar refractivity (Wildman–Crippen MR) is 107 cm³/mol. The first-order valence-corrected chi connectivity index (χ1v) is 9.91. The summed E-state index contributed by atoms with van der Waals surface area (Å²) in [6, 6.07) is 7.47. The number of rotatable bonds is 9. The Balaban J connectivity index is 0.000000568. The topological polar surface area (TPSA) is 96.3 Å². The van der Waals surface area contributed by atoms with E-state index in [1.807, 2.05) is 24.3 Å². The van der Waals surface area contributed by atoms with Crippen LogP contribution in [0.15, 0.2) is 24.3 Å². The lowest BCUT2D eigenvalue weighted by atomic mass is 9.99. The van der Waals surface area contributed by atoms with Crippen molar-refractivity contribution in [2.75, 3.05) is 39.5 Å². The Labute approximate surface area is 171 Å². The first-order chi connectivity index (χ1) is 13.4. The van der Waals surface area contributed by atoms with Crippen LogP contribution >= 0.6 is 11.6 Å². The number of hydrogen-bond acceptors (Lipinski definition) is 5. The lowest BCUT2D eigenvalue weighted by Gasteiger charge is -2.30. The molecule has 0 aliphatic carbocycles. The highest BCUT2D eigenvalue weighted by Gasteiger charge is 2.14. The van der Waals surface area contributed by atoms with Gasteiger partial charge in [0.1, 0.15) is 5.75 Å². The molecule has 1 aliphatic rings. The summed E-state index contributed by atoms with van der Waals surface area (Å²) < 4.78 is 11.3. The summed E-state index contributed by atoms with van der Waals surface area (Å²) in [4.78, 5) is 20.8. The van der Waals surface area contributed by atoms with Gasteiger partial charge in [-0.25, -0.2) is 9.59 Å². The SMILES string of the molecule is CC1CCN(CCCOCCCOc2ccc(Cl)cc2)CC1.O=C(O)C(=O)O. The van der Waals surface area contributed by atoms with Gasteiger partial charge in [0.05, 0.1) is 6.61 Å². The van der Waals surface area contributed by atoms with Crippen molar-refractivity contribution in [1.82, 2.24) is 4.90 Å². The molecular weight excluding hydrogens is 386 g/mol. The second-order valence-electron chi connectivity index (χ2n) is 6.76. The Morgan fingerprint density at radius 2 is 1.61 bits per heavy atom. The third-order valence-electron chi connectivity index (χ3n) is 4.34. The zero-order chi connectivity index (χ0) is 20.8. The maximum atomic E-state index is 9.10. The number of ether oxygens (including phenoxy) is 2. The summed E-state index contributed by atoms with van der Waals surface area (Å²) in [5.74, 6) is -1.87. The van der Waals surface area contributed by atoms with Gasteiger partial charge in [0.15, 0.2) is 0 Å². The number of likely N-dealkylation sites (tertiary alicyclic amines) is 1. The highest BCUT2D eigenvalue weighted by Crippen LogP contribution is 2.16. The van der Waals surface area contributed by atoms with Crippen LogP contribution in [0.4, 0.5) is 0 Å². The molecule has 0 aromatic heterocycles. The first-order valence-electron chi connectivity index (χ1n) is 9.53. The summed E-state index contributed by atoms with van der Waals surface area (Å²) in [5.41, 5.74) is 0. The van der Waals surface area contributed by atoms with Gasteiger partial charge >= 0.3 is 11.9 Å². The van der Waals surface area contributed by atoms with Crippen LogP contribution in [0.3, 0.4) is 0 Å². The summed E-state index contributed by atoms with van der Waals surface area (Å²) >= 11 is 5.83. The van der Waals surface area contributed by atoms with E-state index in [-0.39, 0.29) is 0 Å². The summed E-state index contributed by atoms with van der Waals surface area (Å²) in [6.07, 6.45) is 4.75. The number of benzene rings is 1. The minimum absolute atomic E-state index is 0.686. The van der Waals surface area contributed by atoms with E-state index in [2.05, 4.69) is 11.8 Å². The quantitative estimate of drug-likeness (QED) is 0.471. The Morgan fingerprint density at radius 3 is 2.18 bits per heavy atom. The smallest absolute Gasteiger partial charge is 0.414 e. The zero-order valence-corrected chi connectivity index (χ0v) is 17.1. The van der Waals surface area contributed by atoms with Gasteiger partial charge in [-0.1, -0.05) is 18.5 Å². The van der Waals surface area contributed by atoms with Crippen molar-refractivity contribution >= 4 is 23.5 Å². The van der Waals surface area contributed by atoms with Crippen LogP contribution in [0.25, 0.3) is 0 Å². The molecule has 1 aromatic carbocycles. The lowest BCUT2D eigenvalue weighted by molar-refractivity contribution is -0.159. The van der Waals surface area contributed by atoms with E-state index in [4.69, 9.17) is 40.9 Å². The number of carbonyl (C=O) groups is 2. The Morgan fingerprint density at radius 1 is 1.04 bits per heavy atom. The molecule has 158 valence electrons. The van der Waals surface area contributed by atoms with Crippen molar-refractivity contribution in [3.63, 3.8) is 0 Å². The van der Waals surface area contributed by atoms with Gasteiger partial charge < -0.3 is 24.6 Å². The maximum absolute atomic E-state index is 9.10. The van der Waals surface area contributed by atoms with Gasteiger partial charge in [-0.3, -0.25) is 0 Å². The van der Waals surface area contributed by atoms with Crippen LogP contribution in [0.2, 0.25) is 5.02 Å². The second kappa shape index (κ2) is 14.2. The molecule has 28 heavy (non-hydrogen) atoms. The molecule has 0 saturated carbocycles. The fourth-order valence-corrected chi connectivity index (χ4v) is 2.79. The van der Waals surface area contributed by atoms with Gasteiger partial charge in [0, 0.05) is 31.2 Å². The lowest BCUT2D eigenvalue weighted by Crippen LogP contribution is -2.34. The first kappa shape index (κ1) is 24.2. The maximum Gasteiger partial charge on any atom is 0.414 e. The molecule has 1 heterocycles. The number of carboxylic acids is 2. The van der Waals surface area contributed by atoms with Crippen molar-refractivity contribution in [3.05, 3.63) is 29.3 Å². The number of carboxylic acid groups (broad SMARTS) is 2. The molecule has 1 aromatic rings. The van der Waals surface area contributed by atoms with E-state index >= 15 is 0 Å². The molecule has 2 rings (SSSR count). The van der Waals surface area contributed by atoms with Crippen LogP contribution in [-0.4, -0.2) is 66.5 Å². The van der Waals surface area contributed by atoms with Crippen LogP contribution in [0.1, 0.15) is 32.6 Å². The Kier molecular flexibility index (Phi) is 12.3. The molecule has 8 heteroatoms. The van der Waals surface area contributed by atoms with Crippen LogP contribution in [0, 0.1) is 5.92 Å². The van der Waals surface area contributed by atoms with Crippen molar-refractivity contribution in [1.29, 1.82) is 0 Å². The highest BCUT2D eigenvalue weighted by atomic mass is 35.5. The summed E-state index contributed by atoms with van der Waals surface area (Å²) in [7, 11) is 0. The van der Waals surface area contributed by atoms with Gasteiger partial charge in [-0.15, -0.1) is 0 Å². The van der Waals surface area contributed by atoms with E-state index in [1.165, 1.54) is 32.5 Å². The largest absolute Gasteiger partial charge is 0.494 e. The third-order valence-corrected chi connectivity index (χ3v) is 4.59. The second-order valence-corrected chi connectivity index (χ2v) is 7.19. The molecule has 1 fully saturated rings. The molecule has 0 unspecified atom stereocenters. The summed E-state index contributed by atoms with van der Waals surface area (Å²) in [6.45, 7) is 8.36. The summed E-state index contributed by atoms with van der Waals surface area (Å²) in [5, 5.41) is 15.5. The van der Waals surface area contributed by atoms with Crippen LogP contribution < -0.4 is 4.74 Å². The van der Waals surface area contributed by atoms with Crippen molar-refractivity contribution in [2.45, 2.75) is 32.6 Å². The number of hydrogen-bond donors (Lipinski definition) is 2. The number of aliphatic carboxylic acids is 2. The van der Waals surface area contributed by atoms with E-state index in [9.17, 15) is 0 Å². The number of piperidine rings is 1. The van der Waals surface area contributed by atoms with Crippen molar-refractivity contribution in [3.8, 4) is 5.75 Å². The predicted octanol–water partition coefficient (Wildman–Crippen LogP) is 3.40. The molecule has 0 amide bonds. The standard InChI is InChI=1S/C18H28ClNO2.C2H2O4/c1-16-8-11-20(12-9-16)10-2-13-21-14-3-15-22-18-6-4-17(19)5-7-18;3-1(4)2(5)6/h4-7,16H,2-3,8-15H2,1H3;(H,3,4)(H,5,6). The molecule has 1 saturated heterocycles. The van der Waals surface area contributed by atoms with Gasteiger partial charge in [0.25, 0.3) is 0 Å². The van der Waals surface area contributed by atoms with E-state index in [0.717, 1.165) is 42.7 Å². The minimum Gasteiger partial charge on any atom is -0.494 e. The fourth-order valence-electron chi connectivity index (χ4n) is 2.66. The minimum atomic E-state index is -1.82. The number of nitrogens with zero attached hydrogens (tertiary/aromatic N) is 1. The molecule has 0 radical (unpaired) electrons. The fraction of sp³-hybridized carbons (Fsp3) is 0.600. The molecule has 1 aliphatic heterocycles. The average molecular weight is 416 g/mol. The van der Waals surface area contributed by atoms with Gasteiger partial charge in [-0.05, 0) is 62.5 Å². The third kappa shape index (κ3) is 11.8. The van der Waals surface area contributed by atoms with Crippen molar-refractivity contribution < 1.29 is 29.3 Å². The van der Waals surface area contributed by atoms with E-state index < -0.39 is 11.9 Å². The Bertz CT molecular complexity index is 561. The monoisotopic (exact) mass is 415 g/mol. The van der Waals surface area contributed by atoms with Crippen LogP contribution in [0.5, 0.6) is 5.75 Å². The molecule has 0 spiro atoms. The van der Waals surface area contributed by atoms with E-state index in [1.54, 1.807) is 0 Å². The molecule has 0 bridgehead atoms. The number of halogens is 1. The van der Waals surface area contributed by atoms with Gasteiger partial charge in [-0.2, -0.15) is 0 Å². The van der Waals surface area contributed by atoms with E-state index in [0.29, 0.717) is 6.61 Å². The normalized spacial score (nSPS) is 14.8. The molecule has 7 nitrogen and oxygen atoms in total. The molecular formula is C20H30ClNO6. The molecule has 0 atom stereocenters. The van der Waals surface area contributed by atoms with Crippen molar-refractivity contribution in [2.24, 2.45) is 5.92 Å². The van der Waals surface area contributed by atoms with Crippen LogP contribution in [-0.2, 0) is 14.3 Å². The molecule has 2 N–H and O–H groups in total.